The van der Waals surface area contributed by atoms with Gasteiger partial charge in [-0.15, -0.1) is 0 Å². The molecule has 5 heteroatoms. The third kappa shape index (κ3) is 3.45. The van der Waals surface area contributed by atoms with E-state index in [9.17, 15) is 4.39 Å². The fourth-order valence-electron chi connectivity index (χ4n) is 2.68. The molecule has 1 aliphatic heterocycles. The zero-order valence-electron chi connectivity index (χ0n) is 12.4. The average molecular weight is 298 g/mol. The van der Waals surface area contributed by atoms with E-state index >= 15 is 0 Å². The molecule has 2 rings (SSSR count). The van der Waals surface area contributed by atoms with E-state index < -0.39 is 0 Å². The van der Waals surface area contributed by atoms with Crippen LogP contribution in [0.25, 0.3) is 0 Å². The molecule has 1 aromatic rings. The number of halogens is 1. The van der Waals surface area contributed by atoms with Crippen LogP contribution in [0.3, 0.4) is 0 Å². The minimum absolute atomic E-state index is 0.0865. The highest BCUT2D eigenvalue weighted by Crippen LogP contribution is 2.32. The molecule has 2 unspecified atom stereocenters. The zero-order valence-corrected chi connectivity index (χ0v) is 13.2. The number of ether oxygens (including phenoxy) is 1. The number of nitrogens with zero attached hydrogens (tertiary/aromatic N) is 1. The van der Waals surface area contributed by atoms with Crippen LogP contribution in [0.15, 0.2) is 18.2 Å². The molecule has 0 bridgehead atoms. The van der Waals surface area contributed by atoms with Crippen molar-refractivity contribution in [2.24, 2.45) is 0 Å². The van der Waals surface area contributed by atoms with Crippen molar-refractivity contribution >= 4 is 11.8 Å². The Morgan fingerprint density at radius 1 is 1.55 bits per heavy atom. The van der Waals surface area contributed by atoms with Gasteiger partial charge < -0.3 is 10.1 Å². The standard InChI is InChI=1S/C15H23FN2OS/c1-4-17-15(13-10-20-8-7-18(13)2)12-9-11(16)5-6-14(12)19-3/h5-6,9,13,15,17H,4,7-8,10H2,1-3H3. The molecule has 0 radical (unpaired) electrons. The summed E-state index contributed by atoms with van der Waals surface area (Å²) in [7, 11) is 3.78. The first kappa shape index (κ1) is 15.6. The first-order valence-corrected chi connectivity index (χ1v) is 8.17. The number of thioether (sulfide) groups is 1. The van der Waals surface area contributed by atoms with Crippen molar-refractivity contribution < 1.29 is 9.13 Å². The zero-order chi connectivity index (χ0) is 14.5. The second-order valence-corrected chi connectivity index (χ2v) is 6.19. The maximum Gasteiger partial charge on any atom is 0.123 e. The summed E-state index contributed by atoms with van der Waals surface area (Å²) in [6.07, 6.45) is 0. The molecular weight excluding hydrogens is 275 g/mol. The van der Waals surface area contributed by atoms with Gasteiger partial charge in [-0.3, -0.25) is 4.90 Å². The molecule has 1 N–H and O–H groups in total. The number of likely N-dealkylation sites (N-methyl/N-ethyl adjacent to an activating group) is 2. The van der Waals surface area contributed by atoms with Crippen molar-refractivity contribution in [2.45, 2.75) is 19.0 Å². The number of hydrogen-bond donors (Lipinski definition) is 1. The van der Waals surface area contributed by atoms with E-state index in [0.29, 0.717) is 6.04 Å². The Balaban J connectivity index is 2.34. The van der Waals surface area contributed by atoms with Gasteiger partial charge in [-0.2, -0.15) is 11.8 Å². The summed E-state index contributed by atoms with van der Waals surface area (Å²) in [5, 5.41) is 3.50. The molecule has 0 aliphatic carbocycles. The highest BCUT2D eigenvalue weighted by molar-refractivity contribution is 7.99. The van der Waals surface area contributed by atoms with Crippen LogP contribution in [0.4, 0.5) is 4.39 Å². The van der Waals surface area contributed by atoms with Crippen LogP contribution in [0.5, 0.6) is 5.75 Å². The van der Waals surface area contributed by atoms with Gasteiger partial charge >= 0.3 is 0 Å². The van der Waals surface area contributed by atoms with Crippen molar-refractivity contribution in [1.29, 1.82) is 0 Å². The molecule has 0 saturated carbocycles. The molecule has 1 heterocycles. The largest absolute Gasteiger partial charge is 0.496 e. The summed E-state index contributed by atoms with van der Waals surface area (Å²) < 4.78 is 19.1. The Hall–Kier alpha value is -0.780. The molecule has 2 atom stereocenters. The molecule has 0 aromatic heterocycles. The Labute approximate surface area is 124 Å². The van der Waals surface area contributed by atoms with Crippen LogP contribution in [-0.2, 0) is 0 Å². The Kier molecular flexibility index (Phi) is 5.69. The highest BCUT2D eigenvalue weighted by Gasteiger charge is 2.30. The molecule has 0 spiro atoms. The summed E-state index contributed by atoms with van der Waals surface area (Å²) in [6, 6.07) is 5.20. The summed E-state index contributed by atoms with van der Waals surface area (Å²) in [6.45, 7) is 3.99. The number of nitrogens with one attached hydrogen (secondary N) is 1. The van der Waals surface area contributed by atoms with E-state index in [0.717, 1.165) is 35.9 Å². The van der Waals surface area contributed by atoms with Crippen LogP contribution in [-0.4, -0.2) is 49.7 Å². The molecule has 20 heavy (non-hydrogen) atoms. The van der Waals surface area contributed by atoms with Crippen LogP contribution in [0.2, 0.25) is 0 Å². The lowest BCUT2D eigenvalue weighted by molar-refractivity contribution is 0.214. The van der Waals surface area contributed by atoms with Crippen molar-refractivity contribution in [3.63, 3.8) is 0 Å². The van der Waals surface area contributed by atoms with Gasteiger partial charge in [0.1, 0.15) is 11.6 Å². The number of benzene rings is 1. The van der Waals surface area contributed by atoms with E-state index in [1.165, 1.54) is 6.07 Å². The number of rotatable bonds is 5. The third-order valence-corrected chi connectivity index (χ3v) is 4.83. The van der Waals surface area contributed by atoms with E-state index in [1.54, 1.807) is 19.2 Å². The lowest BCUT2D eigenvalue weighted by Crippen LogP contribution is -2.47. The molecular formula is C15H23FN2OS. The van der Waals surface area contributed by atoms with E-state index in [2.05, 4.69) is 24.2 Å². The first-order valence-electron chi connectivity index (χ1n) is 7.02. The van der Waals surface area contributed by atoms with Gasteiger partial charge in [-0.25, -0.2) is 4.39 Å². The highest BCUT2D eigenvalue weighted by atomic mass is 32.2. The second kappa shape index (κ2) is 7.29. The minimum atomic E-state index is -0.213. The number of methoxy groups -OCH3 is 1. The first-order chi connectivity index (χ1) is 9.67. The smallest absolute Gasteiger partial charge is 0.123 e. The predicted molar refractivity (Wildman–Crippen MR) is 83.1 cm³/mol. The van der Waals surface area contributed by atoms with E-state index in [-0.39, 0.29) is 11.9 Å². The van der Waals surface area contributed by atoms with E-state index in [1.807, 2.05) is 11.8 Å². The van der Waals surface area contributed by atoms with Crippen LogP contribution in [0.1, 0.15) is 18.5 Å². The molecule has 1 fully saturated rings. The molecule has 1 saturated heterocycles. The minimum Gasteiger partial charge on any atom is -0.496 e. The average Bonchev–Trinajstić information content (AvgIpc) is 2.46. The maximum absolute atomic E-state index is 13.6. The Bertz CT molecular complexity index is 444. The summed E-state index contributed by atoms with van der Waals surface area (Å²) in [5.74, 6) is 2.75. The molecule has 1 aliphatic rings. The van der Waals surface area contributed by atoms with Gasteiger partial charge in [0.15, 0.2) is 0 Å². The van der Waals surface area contributed by atoms with Crippen molar-refractivity contribution in [1.82, 2.24) is 10.2 Å². The predicted octanol–water partition coefficient (Wildman–Crippen LogP) is 2.53. The molecule has 0 amide bonds. The summed E-state index contributed by atoms with van der Waals surface area (Å²) in [5.41, 5.74) is 0.911. The normalized spacial score (nSPS) is 21.7. The quantitative estimate of drug-likeness (QED) is 0.903. The van der Waals surface area contributed by atoms with Crippen molar-refractivity contribution in [3.05, 3.63) is 29.6 Å². The third-order valence-electron chi connectivity index (χ3n) is 3.78. The van der Waals surface area contributed by atoms with Gasteiger partial charge in [0.2, 0.25) is 0 Å². The molecule has 1 aromatic carbocycles. The molecule has 112 valence electrons. The Morgan fingerprint density at radius 2 is 2.35 bits per heavy atom. The van der Waals surface area contributed by atoms with Gasteiger partial charge in [-0.1, -0.05) is 6.92 Å². The van der Waals surface area contributed by atoms with Gasteiger partial charge in [0.25, 0.3) is 0 Å². The maximum atomic E-state index is 13.6. The lowest BCUT2D eigenvalue weighted by atomic mass is 9.97. The van der Waals surface area contributed by atoms with Crippen LogP contribution < -0.4 is 10.1 Å². The Morgan fingerprint density at radius 3 is 3.00 bits per heavy atom. The van der Waals surface area contributed by atoms with Crippen molar-refractivity contribution in [2.75, 3.05) is 38.8 Å². The van der Waals surface area contributed by atoms with Crippen LogP contribution >= 0.6 is 11.8 Å². The fraction of sp³-hybridized carbons (Fsp3) is 0.600. The number of hydrogen-bond acceptors (Lipinski definition) is 4. The van der Waals surface area contributed by atoms with Gasteiger partial charge in [0.05, 0.1) is 13.2 Å². The SMILES string of the molecule is CCNC(c1cc(F)ccc1OC)C1CSCCN1C. The monoisotopic (exact) mass is 298 g/mol. The summed E-state index contributed by atoms with van der Waals surface area (Å²) in [4.78, 5) is 2.36. The van der Waals surface area contributed by atoms with Gasteiger partial charge in [0, 0.05) is 29.7 Å². The second-order valence-electron chi connectivity index (χ2n) is 5.04. The topological polar surface area (TPSA) is 24.5 Å². The van der Waals surface area contributed by atoms with E-state index in [4.69, 9.17) is 4.74 Å². The van der Waals surface area contributed by atoms with Crippen molar-refractivity contribution in [3.8, 4) is 5.75 Å². The fourth-order valence-corrected chi connectivity index (χ4v) is 3.95. The van der Waals surface area contributed by atoms with Gasteiger partial charge in [-0.05, 0) is 31.8 Å². The summed E-state index contributed by atoms with van der Waals surface area (Å²) >= 11 is 1.96. The molecule has 3 nitrogen and oxygen atoms in total. The lowest BCUT2D eigenvalue weighted by Gasteiger charge is -2.38. The van der Waals surface area contributed by atoms with Crippen LogP contribution in [0, 0.1) is 5.82 Å².